The van der Waals surface area contributed by atoms with E-state index in [0.29, 0.717) is 17.4 Å². The average Bonchev–Trinajstić information content (AvgIpc) is 3.38. The van der Waals surface area contributed by atoms with E-state index in [-0.39, 0.29) is 0 Å². The SMILES string of the molecule is Cc1ncc2c(c1-c1noc(-c3cnc(-c4ccccc4)[nH]3)n1)CCNC2. The molecule has 0 saturated carbocycles. The van der Waals surface area contributed by atoms with E-state index in [1.165, 1.54) is 11.1 Å². The number of aryl methyl sites for hydroxylation is 1. The second-order valence-corrected chi connectivity index (χ2v) is 6.58. The number of aromatic amines is 1. The topological polar surface area (TPSA) is 92.5 Å². The lowest BCUT2D eigenvalue weighted by molar-refractivity contribution is 0.431. The minimum atomic E-state index is 0.422. The van der Waals surface area contributed by atoms with Gasteiger partial charge in [0, 0.05) is 29.6 Å². The number of aromatic nitrogens is 5. The molecule has 0 atom stereocenters. The summed E-state index contributed by atoms with van der Waals surface area (Å²) >= 11 is 0. The summed E-state index contributed by atoms with van der Waals surface area (Å²) in [5.74, 6) is 1.77. The lowest BCUT2D eigenvalue weighted by Gasteiger charge is -2.19. The third-order valence-electron chi connectivity index (χ3n) is 4.84. The molecule has 0 radical (unpaired) electrons. The van der Waals surface area contributed by atoms with Gasteiger partial charge in [0.2, 0.25) is 5.82 Å². The van der Waals surface area contributed by atoms with Crippen molar-refractivity contribution in [2.75, 3.05) is 6.54 Å². The van der Waals surface area contributed by atoms with Crippen molar-refractivity contribution >= 4 is 0 Å². The van der Waals surface area contributed by atoms with Crippen LogP contribution in [0, 0.1) is 6.92 Å². The molecule has 7 nitrogen and oxygen atoms in total. The second-order valence-electron chi connectivity index (χ2n) is 6.58. The number of rotatable bonds is 3. The Morgan fingerprint density at radius 3 is 2.85 bits per heavy atom. The summed E-state index contributed by atoms with van der Waals surface area (Å²) in [6.07, 6.45) is 4.58. The number of nitrogens with zero attached hydrogens (tertiary/aromatic N) is 4. The van der Waals surface area contributed by atoms with Crippen LogP contribution in [0.1, 0.15) is 16.8 Å². The van der Waals surface area contributed by atoms with Crippen molar-refractivity contribution in [2.24, 2.45) is 0 Å². The standard InChI is InChI=1S/C20H18N6O/c1-12-17(15-7-8-21-9-14(15)10-22-12)19-25-20(27-26-19)16-11-23-18(24-16)13-5-3-2-4-6-13/h2-6,10-11,21H,7-9H2,1H3,(H,23,24). The van der Waals surface area contributed by atoms with Crippen LogP contribution in [0.5, 0.6) is 0 Å². The molecular formula is C20H18N6O. The van der Waals surface area contributed by atoms with E-state index in [4.69, 9.17) is 4.52 Å². The molecular weight excluding hydrogens is 340 g/mol. The maximum atomic E-state index is 5.52. The maximum absolute atomic E-state index is 5.52. The van der Waals surface area contributed by atoms with Gasteiger partial charge in [0.1, 0.15) is 11.5 Å². The van der Waals surface area contributed by atoms with E-state index < -0.39 is 0 Å². The molecule has 5 rings (SSSR count). The molecule has 4 aromatic rings. The molecule has 0 spiro atoms. The number of hydrogen-bond donors (Lipinski definition) is 2. The highest BCUT2D eigenvalue weighted by atomic mass is 16.5. The quantitative estimate of drug-likeness (QED) is 0.584. The Morgan fingerprint density at radius 1 is 1.07 bits per heavy atom. The normalized spacial score (nSPS) is 13.5. The third kappa shape index (κ3) is 2.82. The average molecular weight is 358 g/mol. The third-order valence-corrected chi connectivity index (χ3v) is 4.84. The molecule has 3 aromatic heterocycles. The Kier molecular flexibility index (Phi) is 3.79. The molecule has 0 saturated heterocycles. The lowest BCUT2D eigenvalue weighted by Crippen LogP contribution is -2.24. The lowest BCUT2D eigenvalue weighted by atomic mass is 9.95. The zero-order valence-corrected chi connectivity index (χ0v) is 14.9. The molecule has 27 heavy (non-hydrogen) atoms. The summed E-state index contributed by atoms with van der Waals surface area (Å²) in [7, 11) is 0. The number of pyridine rings is 1. The van der Waals surface area contributed by atoms with Crippen LogP contribution in [0.2, 0.25) is 0 Å². The number of benzene rings is 1. The predicted molar refractivity (Wildman–Crippen MR) is 101 cm³/mol. The van der Waals surface area contributed by atoms with E-state index >= 15 is 0 Å². The predicted octanol–water partition coefficient (Wildman–Crippen LogP) is 3.14. The highest BCUT2D eigenvalue weighted by Gasteiger charge is 2.22. The Morgan fingerprint density at radius 2 is 1.96 bits per heavy atom. The second kappa shape index (κ2) is 6.44. The van der Waals surface area contributed by atoms with Crippen molar-refractivity contribution in [3.05, 3.63) is 59.5 Å². The van der Waals surface area contributed by atoms with Crippen molar-refractivity contribution in [1.82, 2.24) is 30.4 Å². The fourth-order valence-corrected chi connectivity index (χ4v) is 3.47. The van der Waals surface area contributed by atoms with Crippen molar-refractivity contribution in [1.29, 1.82) is 0 Å². The molecule has 134 valence electrons. The first kappa shape index (κ1) is 15.9. The highest BCUT2D eigenvalue weighted by molar-refractivity contribution is 5.67. The van der Waals surface area contributed by atoms with Crippen molar-refractivity contribution in [2.45, 2.75) is 19.9 Å². The van der Waals surface area contributed by atoms with E-state index in [1.807, 2.05) is 43.5 Å². The Hall–Kier alpha value is -3.32. The zero-order chi connectivity index (χ0) is 18.2. The van der Waals surface area contributed by atoms with Crippen LogP contribution in [-0.2, 0) is 13.0 Å². The molecule has 0 fully saturated rings. The molecule has 7 heteroatoms. The molecule has 4 heterocycles. The Balaban J connectivity index is 1.52. The van der Waals surface area contributed by atoms with Gasteiger partial charge < -0.3 is 14.8 Å². The van der Waals surface area contributed by atoms with Gasteiger partial charge in [-0.25, -0.2) is 4.98 Å². The summed E-state index contributed by atoms with van der Waals surface area (Å²) in [4.78, 5) is 16.8. The van der Waals surface area contributed by atoms with Gasteiger partial charge in [0.05, 0.1) is 6.20 Å². The summed E-state index contributed by atoms with van der Waals surface area (Å²) < 4.78 is 5.52. The molecule has 1 aliphatic rings. The van der Waals surface area contributed by atoms with Gasteiger partial charge in [-0.1, -0.05) is 35.5 Å². The Labute approximate surface area is 155 Å². The largest absolute Gasteiger partial charge is 0.334 e. The van der Waals surface area contributed by atoms with Crippen molar-refractivity contribution in [3.63, 3.8) is 0 Å². The summed E-state index contributed by atoms with van der Waals surface area (Å²) in [5.41, 5.74) is 6.05. The van der Waals surface area contributed by atoms with Gasteiger partial charge in [-0.3, -0.25) is 4.98 Å². The smallest absolute Gasteiger partial charge is 0.276 e. The number of hydrogen-bond acceptors (Lipinski definition) is 6. The van der Waals surface area contributed by atoms with Crippen LogP contribution in [0.25, 0.3) is 34.4 Å². The summed E-state index contributed by atoms with van der Waals surface area (Å²) in [5, 5.41) is 7.59. The van der Waals surface area contributed by atoms with E-state index in [0.717, 1.165) is 42.2 Å². The van der Waals surface area contributed by atoms with Gasteiger partial charge >= 0.3 is 0 Å². The van der Waals surface area contributed by atoms with E-state index in [2.05, 4.69) is 30.4 Å². The minimum Gasteiger partial charge on any atom is -0.334 e. The van der Waals surface area contributed by atoms with Crippen molar-refractivity contribution in [3.8, 4) is 34.4 Å². The number of imidazole rings is 1. The Bertz CT molecular complexity index is 1100. The van der Waals surface area contributed by atoms with Crippen molar-refractivity contribution < 1.29 is 4.52 Å². The molecule has 1 aliphatic heterocycles. The first-order valence-electron chi connectivity index (χ1n) is 8.92. The van der Waals surface area contributed by atoms with Crippen LogP contribution >= 0.6 is 0 Å². The summed E-state index contributed by atoms with van der Waals surface area (Å²) in [6.45, 7) is 3.74. The molecule has 0 aliphatic carbocycles. The monoisotopic (exact) mass is 358 g/mol. The van der Waals surface area contributed by atoms with Gasteiger partial charge in [-0.05, 0) is 31.0 Å². The number of fused-ring (bicyclic) bond motifs is 1. The fraction of sp³-hybridized carbons (Fsp3) is 0.200. The van der Waals surface area contributed by atoms with Crippen LogP contribution in [0.4, 0.5) is 0 Å². The van der Waals surface area contributed by atoms with Crippen LogP contribution in [-0.4, -0.2) is 31.6 Å². The highest BCUT2D eigenvalue weighted by Crippen LogP contribution is 2.30. The van der Waals surface area contributed by atoms with Gasteiger partial charge in [0.15, 0.2) is 0 Å². The fourth-order valence-electron chi connectivity index (χ4n) is 3.47. The van der Waals surface area contributed by atoms with Gasteiger partial charge in [-0.2, -0.15) is 4.98 Å². The molecule has 1 aromatic carbocycles. The van der Waals surface area contributed by atoms with E-state index in [9.17, 15) is 0 Å². The van der Waals surface area contributed by atoms with Gasteiger partial charge in [-0.15, -0.1) is 0 Å². The zero-order valence-electron chi connectivity index (χ0n) is 14.9. The summed E-state index contributed by atoms with van der Waals surface area (Å²) in [6, 6.07) is 9.93. The van der Waals surface area contributed by atoms with Gasteiger partial charge in [0.25, 0.3) is 5.89 Å². The molecule has 0 unspecified atom stereocenters. The van der Waals surface area contributed by atoms with Crippen LogP contribution in [0.15, 0.2) is 47.2 Å². The first-order chi connectivity index (χ1) is 13.3. The molecule has 0 amide bonds. The number of nitrogens with one attached hydrogen (secondary N) is 2. The maximum Gasteiger partial charge on any atom is 0.276 e. The van der Waals surface area contributed by atoms with Crippen LogP contribution in [0.3, 0.4) is 0 Å². The first-order valence-corrected chi connectivity index (χ1v) is 8.92. The molecule has 2 N–H and O–H groups in total. The van der Waals surface area contributed by atoms with Crippen LogP contribution < -0.4 is 5.32 Å². The number of H-pyrrole nitrogens is 1. The molecule has 0 bridgehead atoms. The minimum absolute atomic E-state index is 0.422. The van der Waals surface area contributed by atoms with E-state index in [1.54, 1.807) is 6.20 Å².